The fraction of sp³-hybridized carbons (Fsp3) is 0.925. The van der Waals surface area contributed by atoms with E-state index in [2.05, 4.69) is 54.5 Å². The van der Waals surface area contributed by atoms with Gasteiger partial charge in [0.1, 0.15) is 84.8 Å². The molecule has 28 atom stereocenters. The lowest BCUT2D eigenvalue weighted by atomic mass is 9.33. The number of hydrogen-bond acceptors (Lipinski definition) is 22. The van der Waals surface area contributed by atoms with Gasteiger partial charge in [-0.25, -0.2) is 4.79 Å². The Balaban J connectivity index is 0.946. The third-order valence-electron chi connectivity index (χ3n) is 21.0. The minimum Gasteiger partial charge on any atom is -0.479 e. The lowest BCUT2D eigenvalue weighted by molar-refractivity contribution is -0.379. The quantitative estimate of drug-likeness (QED) is 0.0686. The topological polar surface area (TPSA) is 371 Å². The van der Waals surface area contributed by atoms with Crippen LogP contribution in [0.3, 0.4) is 0 Å². The monoisotopic (exact) mass is 1090 g/mol. The number of aliphatic carboxylic acids is 1. The number of carbonyl (C=O) groups is 2. The molecule has 4 saturated heterocycles. The van der Waals surface area contributed by atoms with Crippen LogP contribution < -0.4 is 0 Å². The van der Waals surface area contributed by atoms with E-state index in [4.69, 9.17) is 37.9 Å². The van der Waals surface area contributed by atoms with Crippen molar-refractivity contribution in [3.63, 3.8) is 0 Å². The Bertz CT molecular complexity index is 2160. The van der Waals surface area contributed by atoms with Gasteiger partial charge in [0.05, 0.1) is 31.5 Å². The highest BCUT2D eigenvalue weighted by Crippen LogP contribution is 2.76. The summed E-state index contributed by atoms with van der Waals surface area (Å²) >= 11 is 0. The number of ether oxygens (including phenoxy) is 8. The summed E-state index contributed by atoms with van der Waals surface area (Å²) in [4.78, 5) is 27.5. The van der Waals surface area contributed by atoms with Crippen molar-refractivity contribution >= 4 is 11.9 Å². The maximum atomic E-state index is 14.8. The van der Waals surface area contributed by atoms with Crippen molar-refractivity contribution in [1.29, 1.82) is 0 Å². The normalized spacial score (nSPS) is 53.9. The largest absolute Gasteiger partial charge is 0.479 e. The maximum absolute atomic E-state index is 14.8. The molecule has 4 heterocycles. The molecule has 23 nitrogen and oxygen atoms in total. The highest BCUT2D eigenvalue weighted by molar-refractivity contribution is 5.80. The molecule has 0 amide bonds. The molecule has 8 fully saturated rings. The Labute approximate surface area is 442 Å². The lowest BCUT2D eigenvalue weighted by Crippen LogP contribution is -2.68. The minimum atomic E-state index is -2.03. The molecule has 76 heavy (non-hydrogen) atoms. The number of allylic oxidation sites excluding steroid dienone is 2. The van der Waals surface area contributed by atoms with Crippen molar-refractivity contribution in [2.75, 3.05) is 13.2 Å². The molecule has 0 aromatic carbocycles. The number of carbonyl (C=O) groups excluding carboxylic acids is 1. The number of aliphatic hydroxyl groups is 12. The van der Waals surface area contributed by atoms with E-state index in [1.807, 2.05) is 0 Å². The van der Waals surface area contributed by atoms with Crippen molar-refractivity contribution in [3.8, 4) is 0 Å². The summed E-state index contributed by atoms with van der Waals surface area (Å²) in [5.41, 5.74) is -2.52. The molecular weight excluding hydrogens is 1000 g/mol. The summed E-state index contributed by atoms with van der Waals surface area (Å²) in [5, 5.41) is 141. The second kappa shape index (κ2) is 20.7. The molecular formula is C53H84O23. The van der Waals surface area contributed by atoms with Crippen LogP contribution in [-0.4, -0.2) is 220 Å². The summed E-state index contributed by atoms with van der Waals surface area (Å²) in [6.07, 6.45) is -26.8. The van der Waals surface area contributed by atoms with E-state index in [0.29, 0.717) is 38.5 Å². The van der Waals surface area contributed by atoms with Crippen molar-refractivity contribution in [2.24, 2.45) is 50.2 Å². The van der Waals surface area contributed by atoms with Gasteiger partial charge in [0.15, 0.2) is 25.0 Å². The Hall–Kier alpha value is -2.08. The number of esters is 1. The molecule has 4 saturated carbocycles. The van der Waals surface area contributed by atoms with Crippen LogP contribution in [0.2, 0.25) is 0 Å². The number of rotatable bonds is 10. The van der Waals surface area contributed by atoms with Gasteiger partial charge in [-0.15, -0.1) is 0 Å². The number of aliphatic hydroxyl groups excluding tert-OH is 12. The van der Waals surface area contributed by atoms with Crippen LogP contribution in [0.25, 0.3) is 0 Å². The number of carboxylic acid groups (broad SMARTS) is 1. The van der Waals surface area contributed by atoms with Crippen LogP contribution >= 0.6 is 0 Å². The molecule has 23 heteroatoms. The van der Waals surface area contributed by atoms with E-state index >= 15 is 0 Å². The third kappa shape index (κ3) is 9.23. The van der Waals surface area contributed by atoms with Crippen LogP contribution in [0.5, 0.6) is 0 Å². The molecule has 9 aliphatic rings. The van der Waals surface area contributed by atoms with Crippen LogP contribution in [0.1, 0.15) is 113 Å². The molecule has 0 aromatic rings. The minimum absolute atomic E-state index is 0.0000773. The molecule has 13 N–H and O–H groups in total. The SMILES string of the molecule is C[C@@H]1O[C@@H](O[C@H]2[C@H](O[C@@H]3[C@@H](O)[C@H](O[C@H]4CC[C@]5(C)[C@H]6CC=C7[C@H]8CC(C)(C)CC[C@]8(C(=O)O[C@@H]8O[C@H](CO)[C@@H](O)[C@H](O)[C@H]8O)[C@H](O)C[C@@]7(C)[C@]6(C)CC[C@H]5C4(C)C)O[C@H](C(=O)O)[C@H]3O)OC[C@H](O)[C@@H]2O)[C@H](O)[C@H](O)[C@H]1O. The molecule has 0 unspecified atom stereocenters. The first-order valence-electron chi connectivity index (χ1n) is 27.2. The van der Waals surface area contributed by atoms with Gasteiger partial charge in [0.25, 0.3) is 0 Å². The average molecular weight is 1090 g/mol. The van der Waals surface area contributed by atoms with Crippen LogP contribution in [0, 0.1) is 50.2 Å². The summed E-state index contributed by atoms with van der Waals surface area (Å²) in [7, 11) is 0. The predicted molar refractivity (Wildman–Crippen MR) is 257 cm³/mol. The van der Waals surface area contributed by atoms with Gasteiger partial charge < -0.3 is 104 Å². The zero-order valence-corrected chi connectivity index (χ0v) is 44.6. The molecule has 434 valence electrons. The summed E-state index contributed by atoms with van der Waals surface area (Å²) in [6.45, 7) is 15.4. The Morgan fingerprint density at radius 2 is 1.29 bits per heavy atom. The Kier molecular flexibility index (Phi) is 16.0. The fourth-order valence-corrected chi connectivity index (χ4v) is 16.2. The highest BCUT2D eigenvalue weighted by atomic mass is 16.8. The van der Waals surface area contributed by atoms with Gasteiger partial charge in [0, 0.05) is 0 Å². The van der Waals surface area contributed by atoms with Gasteiger partial charge in [-0.2, -0.15) is 0 Å². The second-order valence-corrected chi connectivity index (χ2v) is 25.9. The van der Waals surface area contributed by atoms with Crippen molar-refractivity contribution in [2.45, 2.75) is 242 Å². The number of fused-ring (bicyclic) bond motifs is 7. The Morgan fingerprint density at radius 3 is 1.96 bits per heavy atom. The average Bonchev–Trinajstić information content (AvgIpc) is 3.38. The first-order chi connectivity index (χ1) is 35.4. The first kappa shape index (κ1) is 58.6. The molecule has 0 spiro atoms. The standard InChI is InChI=1S/C53H84O23/c1-21-30(57)33(60)35(62)43(70-21)75-41-31(58)24(55)20-69-46(41)73-39-37(64)40(42(66)67)74-45(38(39)65)72-29-12-13-50(6)26(49(29,4)5)11-14-51(7)27(50)10-9-22-23-17-48(2,3)15-16-53(23,28(56)18-52(22,51)8)47(68)76-44-36(63)34(61)32(59)25(19-54)71-44/h9,21,23-41,43-46,54-65H,10-20H2,1-8H3,(H,66,67)/t21-,23+,24-,25+,26-,27+,28+,29-,30-,31-,32+,33+,34-,35+,36+,37-,38+,39-,40-,41+,43-,44-,45+,46-,50-,51+,52+,53+/m0/s1. The Morgan fingerprint density at radius 1 is 0.645 bits per heavy atom. The van der Waals surface area contributed by atoms with E-state index in [9.17, 15) is 76.0 Å². The zero-order valence-electron chi connectivity index (χ0n) is 44.6. The maximum Gasteiger partial charge on any atom is 0.335 e. The molecule has 0 radical (unpaired) electrons. The van der Waals surface area contributed by atoms with Crippen molar-refractivity contribution in [1.82, 2.24) is 0 Å². The smallest absolute Gasteiger partial charge is 0.335 e. The van der Waals surface area contributed by atoms with E-state index in [1.165, 1.54) is 6.92 Å². The van der Waals surface area contributed by atoms with E-state index in [-0.39, 0.29) is 29.1 Å². The van der Waals surface area contributed by atoms with Gasteiger partial charge in [-0.1, -0.05) is 60.1 Å². The number of hydrogen-bond donors (Lipinski definition) is 13. The van der Waals surface area contributed by atoms with E-state index < -0.39 is 182 Å². The summed E-state index contributed by atoms with van der Waals surface area (Å²) in [6, 6.07) is 0. The fourth-order valence-electron chi connectivity index (χ4n) is 16.2. The van der Waals surface area contributed by atoms with Gasteiger partial charge in [0.2, 0.25) is 6.29 Å². The summed E-state index contributed by atoms with van der Waals surface area (Å²) < 4.78 is 47.1. The summed E-state index contributed by atoms with van der Waals surface area (Å²) in [5.74, 6) is -2.75. The first-order valence-corrected chi connectivity index (χ1v) is 27.2. The highest BCUT2D eigenvalue weighted by Gasteiger charge is 2.72. The van der Waals surface area contributed by atoms with Gasteiger partial charge >= 0.3 is 11.9 Å². The van der Waals surface area contributed by atoms with Crippen molar-refractivity contribution in [3.05, 3.63) is 11.6 Å². The molecule has 0 aromatic heterocycles. The molecule has 0 bridgehead atoms. The number of carboxylic acids is 1. The predicted octanol–water partition coefficient (Wildman–Crippen LogP) is -1.31. The molecule has 9 rings (SSSR count). The van der Waals surface area contributed by atoms with Gasteiger partial charge in [-0.3, -0.25) is 4.79 Å². The van der Waals surface area contributed by atoms with E-state index in [0.717, 1.165) is 18.4 Å². The molecule has 4 aliphatic heterocycles. The van der Waals surface area contributed by atoms with E-state index in [1.54, 1.807) is 0 Å². The molecule has 5 aliphatic carbocycles. The second-order valence-electron chi connectivity index (χ2n) is 25.9. The van der Waals surface area contributed by atoms with Crippen molar-refractivity contribution < 1.29 is 114 Å². The third-order valence-corrected chi connectivity index (χ3v) is 21.0. The lowest BCUT2D eigenvalue weighted by Gasteiger charge is -2.71. The van der Waals surface area contributed by atoms with Gasteiger partial charge in [-0.05, 0) is 110 Å². The van der Waals surface area contributed by atoms with Crippen LogP contribution in [-0.2, 0) is 47.5 Å². The van der Waals surface area contributed by atoms with Crippen LogP contribution in [0.4, 0.5) is 0 Å². The zero-order chi connectivity index (χ0) is 55.7. The van der Waals surface area contributed by atoms with Crippen LogP contribution in [0.15, 0.2) is 11.6 Å².